The van der Waals surface area contributed by atoms with E-state index in [2.05, 4.69) is 10.6 Å². The van der Waals surface area contributed by atoms with Crippen molar-refractivity contribution in [3.63, 3.8) is 0 Å². The molecule has 1 aromatic rings. The molecule has 0 aromatic heterocycles. The second kappa shape index (κ2) is 7.40. The van der Waals surface area contributed by atoms with Gasteiger partial charge < -0.3 is 15.7 Å². The maximum atomic E-state index is 11.5. The molecule has 0 radical (unpaired) electrons. The maximum Gasteiger partial charge on any atom is 0.239 e. The Kier molecular flexibility index (Phi) is 5.74. The molecule has 0 aliphatic rings. The van der Waals surface area contributed by atoms with E-state index in [1.165, 1.54) is 0 Å². The largest absolute Gasteiger partial charge is 0.395 e. The van der Waals surface area contributed by atoms with Gasteiger partial charge in [0.15, 0.2) is 0 Å². The third-order valence-corrected chi connectivity index (χ3v) is 2.09. The Balaban J connectivity index is 2.24. The van der Waals surface area contributed by atoms with Gasteiger partial charge in [-0.15, -0.1) is 0 Å². The van der Waals surface area contributed by atoms with Crippen LogP contribution in [0.4, 0.5) is 0 Å². The van der Waals surface area contributed by atoms with E-state index in [1.54, 1.807) is 0 Å². The van der Waals surface area contributed by atoms with Gasteiger partial charge in [0.2, 0.25) is 11.8 Å². The molecule has 0 bridgehead atoms. The van der Waals surface area contributed by atoms with Crippen LogP contribution in [0.15, 0.2) is 30.3 Å². The molecular formula is C12H16N2O3. The van der Waals surface area contributed by atoms with E-state index in [0.717, 1.165) is 5.56 Å². The third kappa shape index (κ3) is 5.67. The van der Waals surface area contributed by atoms with Crippen molar-refractivity contribution in [3.05, 3.63) is 35.9 Å². The Hall–Kier alpha value is -1.88. The molecule has 0 unspecified atom stereocenters. The zero-order chi connectivity index (χ0) is 12.5. The van der Waals surface area contributed by atoms with E-state index in [0.29, 0.717) is 0 Å². The molecule has 0 aliphatic heterocycles. The standard InChI is InChI=1S/C12H16N2O3/c15-7-6-13-12(17)9-14-11(16)8-10-4-2-1-3-5-10/h1-5,15H,6-9H2,(H,13,17)(H,14,16). The molecular weight excluding hydrogens is 220 g/mol. The zero-order valence-corrected chi connectivity index (χ0v) is 9.48. The van der Waals surface area contributed by atoms with Crippen LogP contribution in [0.2, 0.25) is 0 Å². The number of nitrogens with one attached hydrogen (secondary N) is 2. The summed E-state index contributed by atoms with van der Waals surface area (Å²) in [6.45, 7) is 0.0305. The molecule has 1 aromatic carbocycles. The summed E-state index contributed by atoms with van der Waals surface area (Å²) in [6.07, 6.45) is 0.258. The predicted octanol–water partition coefficient (Wildman–Crippen LogP) is -0.546. The minimum absolute atomic E-state index is 0.0638. The fraction of sp³-hybridized carbons (Fsp3) is 0.333. The van der Waals surface area contributed by atoms with E-state index in [4.69, 9.17) is 5.11 Å². The van der Waals surface area contributed by atoms with Crippen LogP contribution < -0.4 is 10.6 Å². The smallest absolute Gasteiger partial charge is 0.239 e. The van der Waals surface area contributed by atoms with Crippen LogP contribution in [0, 0.1) is 0 Å². The van der Waals surface area contributed by atoms with E-state index >= 15 is 0 Å². The fourth-order valence-electron chi connectivity index (χ4n) is 1.28. The van der Waals surface area contributed by atoms with Crippen LogP contribution in [-0.2, 0) is 16.0 Å². The highest BCUT2D eigenvalue weighted by Crippen LogP contribution is 1.98. The quantitative estimate of drug-likeness (QED) is 0.620. The van der Waals surface area contributed by atoms with Crippen molar-refractivity contribution in [2.24, 2.45) is 0 Å². The van der Waals surface area contributed by atoms with E-state index < -0.39 is 0 Å². The van der Waals surface area contributed by atoms with Gasteiger partial charge in [-0.2, -0.15) is 0 Å². The topological polar surface area (TPSA) is 78.4 Å². The second-order valence-electron chi connectivity index (χ2n) is 3.51. The van der Waals surface area contributed by atoms with E-state index in [1.807, 2.05) is 30.3 Å². The number of hydrogen-bond donors (Lipinski definition) is 3. The lowest BCUT2D eigenvalue weighted by Crippen LogP contribution is -2.38. The van der Waals surface area contributed by atoms with Gasteiger partial charge in [0.05, 0.1) is 19.6 Å². The summed E-state index contributed by atoms with van der Waals surface area (Å²) in [7, 11) is 0. The summed E-state index contributed by atoms with van der Waals surface area (Å²) in [4.78, 5) is 22.6. The number of carbonyl (C=O) groups excluding carboxylic acids is 2. The number of carbonyl (C=O) groups is 2. The monoisotopic (exact) mass is 236 g/mol. The highest BCUT2D eigenvalue weighted by Gasteiger charge is 2.05. The van der Waals surface area contributed by atoms with Gasteiger partial charge in [-0.1, -0.05) is 30.3 Å². The Morgan fingerprint density at radius 3 is 2.41 bits per heavy atom. The van der Waals surface area contributed by atoms with Crippen LogP contribution in [-0.4, -0.2) is 36.6 Å². The molecule has 5 nitrogen and oxygen atoms in total. The summed E-state index contributed by atoms with van der Waals surface area (Å²) in [6, 6.07) is 9.30. The van der Waals surface area contributed by atoms with E-state index in [-0.39, 0.29) is 37.9 Å². The number of benzene rings is 1. The molecule has 0 fully saturated rings. The molecule has 0 spiro atoms. The summed E-state index contributed by atoms with van der Waals surface area (Å²) >= 11 is 0. The van der Waals surface area contributed by atoms with Gasteiger partial charge >= 0.3 is 0 Å². The van der Waals surface area contributed by atoms with Crippen molar-refractivity contribution in [1.29, 1.82) is 0 Å². The van der Waals surface area contributed by atoms with Crippen LogP contribution in [0.5, 0.6) is 0 Å². The van der Waals surface area contributed by atoms with Gasteiger partial charge in [0, 0.05) is 6.54 Å². The van der Waals surface area contributed by atoms with Gasteiger partial charge in [-0.25, -0.2) is 0 Å². The third-order valence-electron chi connectivity index (χ3n) is 2.09. The zero-order valence-electron chi connectivity index (χ0n) is 9.48. The van der Waals surface area contributed by atoms with Crippen LogP contribution in [0.25, 0.3) is 0 Å². The molecule has 0 aliphatic carbocycles. The van der Waals surface area contributed by atoms with Crippen molar-refractivity contribution in [2.45, 2.75) is 6.42 Å². The fourth-order valence-corrected chi connectivity index (χ4v) is 1.28. The second-order valence-corrected chi connectivity index (χ2v) is 3.51. The van der Waals surface area contributed by atoms with Crippen LogP contribution in [0.3, 0.4) is 0 Å². The molecule has 0 saturated heterocycles. The lowest BCUT2D eigenvalue weighted by Gasteiger charge is -2.05. The first-order valence-electron chi connectivity index (χ1n) is 5.40. The van der Waals surface area contributed by atoms with Crippen molar-refractivity contribution in [1.82, 2.24) is 10.6 Å². The molecule has 5 heteroatoms. The number of hydrogen-bond acceptors (Lipinski definition) is 3. The summed E-state index contributed by atoms with van der Waals surface area (Å²) in [5.41, 5.74) is 0.903. The number of amides is 2. The Bertz CT molecular complexity index is 365. The molecule has 92 valence electrons. The van der Waals surface area contributed by atoms with Gasteiger partial charge in [0.25, 0.3) is 0 Å². The molecule has 0 saturated carbocycles. The first-order chi connectivity index (χ1) is 8.22. The number of aliphatic hydroxyl groups is 1. The average molecular weight is 236 g/mol. The summed E-state index contributed by atoms with van der Waals surface area (Å²) in [5, 5.41) is 13.4. The minimum Gasteiger partial charge on any atom is -0.395 e. The summed E-state index contributed by atoms with van der Waals surface area (Å²) in [5.74, 6) is -0.504. The van der Waals surface area contributed by atoms with Crippen LogP contribution >= 0.6 is 0 Å². The van der Waals surface area contributed by atoms with Gasteiger partial charge in [0.1, 0.15) is 0 Å². The lowest BCUT2D eigenvalue weighted by atomic mass is 10.1. The predicted molar refractivity (Wildman–Crippen MR) is 63.3 cm³/mol. The van der Waals surface area contributed by atoms with Crippen molar-refractivity contribution in [2.75, 3.05) is 19.7 Å². The molecule has 0 atom stereocenters. The van der Waals surface area contributed by atoms with Crippen LogP contribution in [0.1, 0.15) is 5.56 Å². The van der Waals surface area contributed by atoms with Crippen molar-refractivity contribution in [3.8, 4) is 0 Å². The number of rotatable bonds is 6. The van der Waals surface area contributed by atoms with Crippen molar-refractivity contribution >= 4 is 11.8 Å². The first-order valence-corrected chi connectivity index (χ1v) is 5.40. The summed E-state index contributed by atoms with van der Waals surface area (Å²) < 4.78 is 0. The minimum atomic E-state index is -0.305. The highest BCUT2D eigenvalue weighted by atomic mass is 16.3. The van der Waals surface area contributed by atoms with E-state index in [9.17, 15) is 9.59 Å². The van der Waals surface area contributed by atoms with Gasteiger partial charge in [-0.05, 0) is 5.56 Å². The highest BCUT2D eigenvalue weighted by molar-refractivity contribution is 5.85. The molecule has 3 N–H and O–H groups in total. The normalized spacial score (nSPS) is 9.71. The Labute approximate surface area is 99.8 Å². The Morgan fingerprint density at radius 1 is 1.06 bits per heavy atom. The molecule has 0 heterocycles. The lowest BCUT2D eigenvalue weighted by molar-refractivity contribution is -0.125. The van der Waals surface area contributed by atoms with Crippen molar-refractivity contribution < 1.29 is 14.7 Å². The molecule has 2 amide bonds. The molecule has 1 rings (SSSR count). The Morgan fingerprint density at radius 2 is 1.76 bits per heavy atom. The number of aliphatic hydroxyl groups excluding tert-OH is 1. The molecule has 17 heavy (non-hydrogen) atoms. The first kappa shape index (κ1) is 13.2. The van der Waals surface area contributed by atoms with Gasteiger partial charge in [-0.3, -0.25) is 9.59 Å². The maximum absolute atomic E-state index is 11.5. The average Bonchev–Trinajstić information content (AvgIpc) is 2.35. The SMILES string of the molecule is O=C(CNC(=O)Cc1ccccc1)NCCO.